The van der Waals surface area contributed by atoms with E-state index in [1.165, 1.54) is 5.56 Å². The molecule has 0 amide bonds. The van der Waals surface area contributed by atoms with Crippen molar-refractivity contribution >= 4 is 29.9 Å². The van der Waals surface area contributed by atoms with Gasteiger partial charge in [-0.25, -0.2) is 4.99 Å². The summed E-state index contributed by atoms with van der Waals surface area (Å²) in [6, 6.07) is 6.19. The van der Waals surface area contributed by atoms with Crippen LogP contribution in [-0.4, -0.2) is 52.6 Å². The molecule has 0 saturated carbocycles. The number of methoxy groups -OCH3 is 1. The molecule has 0 atom stereocenters. The van der Waals surface area contributed by atoms with Crippen LogP contribution in [0.1, 0.15) is 31.4 Å². The molecule has 7 heteroatoms. The summed E-state index contributed by atoms with van der Waals surface area (Å²) in [5.74, 6) is 1.68. The van der Waals surface area contributed by atoms with Crippen LogP contribution in [0.15, 0.2) is 23.2 Å². The molecule has 150 valence electrons. The van der Waals surface area contributed by atoms with Gasteiger partial charge in [0.1, 0.15) is 12.4 Å². The minimum Gasteiger partial charge on any atom is -0.491 e. The van der Waals surface area contributed by atoms with Crippen molar-refractivity contribution in [3.8, 4) is 5.75 Å². The fourth-order valence-corrected chi connectivity index (χ4v) is 2.19. The Bertz CT molecular complexity index is 513. The first-order valence-corrected chi connectivity index (χ1v) is 9.02. The van der Waals surface area contributed by atoms with Crippen LogP contribution in [0.5, 0.6) is 5.75 Å². The molecule has 0 radical (unpaired) electrons. The molecule has 1 aromatic carbocycles. The second kappa shape index (κ2) is 16.1. The van der Waals surface area contributed by atoms with Gasteiger partial charge in [0.25, 0.3) is 0 Å². The maximum atomic E-state index is 5.82. The molecule has 0 fully saturated rings. The average Bonchev–Trinajstić information content (AvgIpc) is 2.60. The standard InChI is InChI=1S/C19H33N3O3.HI/c1-5-20-19(21-10-7-11-24-6-2)22-15-17-9-8-16(3)14-18(17)25-13-12-23-4;/h8-9,14H,5-7,10-13,15H2,1-4H3,(H2,20,21,22);1H. The van der Waals surface area contributed by atoms with E-state index in [-0.39, 0.29) is 24.0 Å². The SMILES string of the molecule is CCNC(=NCc1ccc(C)cc1OCCOC)NCCCOCC.I. The zero-order valence-corrected chi connectivity index (χ0v) is 18.8. The highest BCUT2D eigenvalue weighted by atomic mass is 127. The molecule has 0 aliphatic rings. The maximum Gasteiger partial charge on any atom is 0.191 e. The van der Waals surface area contributed by atoms with Gasteiger partial charge in [-0.15, -0.1) is 24.0 Å². The molecule has 0 aromatic heterocycles. The smallest absolute Gasteiger partial charge is 0.191 e. The number of nitrogens with zero attached hydrogens (tertiary/aromatic N) is 1. The number of ether oxygens (including phenoxy) is 3. The molecule has 1 aromatic rings. The van der Waals surface area contributed by atoms with E-state index >= 15 is 0 Å². The lowest BCUT2D eigenvalue weighted by Gasteiger charge is -2.13. The quantitative estimate of drug-likeness (QED) is 0.209. The van der Waals surface area contributed by atoms with Crippen LogP contribution in [-0.2, 0) is 16.0 Å². The van der Waals surface area contributed by atoms with Crippen molar-refractivity contribution in [2.24, 2.45) is 4.99 Å². The molecule has 0 unspecified atom stereocenters. The lowest BCUT2D eigenvalue weighted by atomic mass is 10.1. The van der Waals surface area contributed by atoms with Crippen molar-refractivity contribution < 1.29 is 14.2 Å². The van der Waals surface area contributed by atoms with Gasteiger partial charge in [-0.3, -0.25) is 0 Å². The Morgan fingerprint density at radius 1 is 1.12 bits per heavy atom. The Morgan fingerprint density at radius 2 is 1.92 bits per heavy atom. The maximum absolute atomic E-state index is 5.82. The van der Waals surface area contributed by atoms with E-state index < -0.39 is 0 Å². The number of nitrogens with one attached hydrogen (secondary N) is 2. The molecular weight excluding hydrogens is 445 g/mol. The van der Waals surface area contributed by atoms with Crippen molar-refractivity contribution in [2.75, 3.05) is 46.6 Å². The fourth-order valence-electron chi connectivity index (χ4n) is 2.19. The van der Waals surface area contributed by atoms with E-state index in [9.17, 15) is 0 Å². The number of halogens is 1. The van der Waals surface area contributed by atoms with Crippen LogP contribution in [0.4, 0.5) is 0 Å². The first kappa shape index (κ1) is 24.9. The van der Waals surface area contributed by atoms with Gasteiger partial charge in [0, 0.05) is 39.0 Å². The summed E-state index contributed by atoms with van der Waals surface area (Å²) < 4.78 is 16.2. The van der Waals surface area contributed by atoms with Crippen LogP contribution in [0.25, 0.3) is 0 Å². The third-order valence-electron chi connectivity index (χ3n) is 3.48. The van der Waals surface area contributed by atoms with E-state index in [0.29, 0.717) is 19.8 Å². The molecule has 0 aliphatic carbocycles. The normalized spacial score (nSPS) is 11.0. The topological polar surface area (TPSA) is 64.1 Å². The number of guanidine groups is 1. The number of hydrogen-bond donors (Lipinski definition) is 2. The van der Waals surface area contributed by atoms with Crippen molar-refractivity contribution in [3.05, 3.63) is 29.3 Å². The number of benzene rings is 1. The van der Waals surface area contributed by atoms with Gasteiger partial charge in [0.15, 0.2) is 5.96 Å². The van der Waals surface area contributed by atoms with Gasteiger partial charge in [-0.05, 0) is 38.8 Å². The Balaban J connectivity index is 0.00000625. The first-order chi connectivity index (χ1) is 12.2. The summed E-state index contributed by atoms with van der Waals surface area (Å²) in [5.41, 5.74) is 2.23. The Morgan fingerprint density at radius 3 is 2.62 bits per heavy atom. The largest absolute Gasteiger partial charge is 0.491 e. The first-order valence-electron chi connectivity index (χ1n) is 9.02. The average molecular weight is 479 g/mol. The summed E-state index contributed by atoms with van der Waals surface area (Å²) in [7, 11) is 1.67. The van der Waals surface area contributed by atoms with Crippen LogP contribution in [0.2, 0.25) is 0 Å². The summed E-state index contributed by atoms with van der Waals surface area (Å²) in [6.45, 7) is 11.0. The van der Waals surface area contributed by atoms with E-state index in [2.05, 4.69) is 41.6 Å². The predicted octanol–water partition coefficient (Wildman–Crippen LogP) is 3.12. The zero-order chi connectivity index (χ0) is 18.3. The van der Waals surface area contributed by atoms with Crippen molar-refractivity contribution in [1.29, 1.82) is 0 Å². The molecule has 6 nitrogen and oxygen atoms in total. The minimum atomic E-state index is 0. The number of hydrogen-bond acceptors (Lipinski definition) is 4. The Kier molecular flexibility index (Phi) is 15.5. The van der Waals surface area contributed by atoms with Crippen LogP contribution in [0.3, 0.4) is 0 Å². The molecular formula is C19H34IN3O3. The highest BCUT2D eigenvalue weighted by Crippen LogP contribution is 2.21. The number of aryl methyl sites for hydroxylation is 1. The van der Waals surface area contributed by atoms with Crippen LogP contribution in [0, 0.1) is 6.92 Å². The Hall–Kier alpha value is -1.06. The Labute approximate surface area is 175 Å². The van der Waals surface area contributed by atoms with Crippen molar-refractivity contribution in [2.45, 2.75) is 33.7 Å². The second-order valence-electron chi connectivity index (χ2n) is 5.62. The van der Waals surface area contributed by atoms with E-state index in [4.69, 9.17) is 14.2 Å². The minimum absolute atomic E-state index is 0. The van der Waals surface area contributed by atoms with E-state index in [1.807, 2.05) is 13.0 Å². The second-order valence-corrected chi connectivity index (χ2v) is 5.62. The predicted molar refractivity (Wildman–Crippen MR) is 118 cm³/mol. The van der Waals surface area contributed by atoms with Crippen molar-refractivity contribution in [3.63, 3.8) is 0 Å². The summed E-state index contributed by atoms with van der Waals surface area (Å²) >= 11 is 0. The highest BCUT2D eigenvalue weighted by molar-refractivity contribution is 14.0. The highest BCUT2D eigenvalue weighted by Gasteiger charge is 2.05. The van der Waals surface area contributed by atoms with Gasteiger partial charge in [-0.1, -0.05) is 12.1 Å². The van der Waals surface area contributed by atoms with Gasteiger partial charge in [0.05, 0.1) is 13.2 Å². The fraction of sp³-hybridized carbons (Fsp3) is 0.632. The lowest BCUT2D eigenvalue weighted by molar-refractivity contribution is 0.145. The molecule has 26 heavy (non-hydrogen) atoms. The number of aliphatic imine (C=N–C) groups is 1. The third-order valence-corrected chi connectivity index (χ3v) is 3.48. The van der Waals surface area contributed by atoms with Crippen molar-refractivity contribution in [1.82, 2.24) is 10.6 Å². The van der Waals surface area contributed by atoms with Crippen LogP contribution >= 0.6 is 24.0 Å². The molecule has 0 aliphatic heterocycles. The lowest BCUT2D eigenvalue weighted by Crippen LogP contribution is -2.38. The summed E-state index contributed by atoms with van der Waals surface area (Å²) in [6.07, 6.45) is 0.953. The summed E-state index contributed by atoms with van der Waals surface area (Å²) in [4.78, 5) is 4.66. The number of rotatable bonds is 12. The van der Waals surface area contributed by atoms with E-state index in [0.717, 1.165) is 50.0 Å². The monoisotopic (exact) mass is 479 g/mol. The molecule has 2 N–H and O–H groups in total. The van der Waals surface area contributed by atoms with Gasteiger partial charge in [0.2, 0.25) is 0 Å². The van der Waals surface area contributed by atoms with Gasteiger partial charge in [-0.2, -0.15) is 0 Å². The zero-order valence-electron chi connectivity index (χ0n) is 16.5. The van der Waals surface area contributed by atoms with Crippen LogP contribution < -0.4 is 15.4 Å². The summed E-state index contributed by atoms with van der Waals surface area (Å²) in [5, 5.41) is 6.60. The van der Waals surface area contributed by atoms with Gasteiger partial charge >= 0.3 is 0 Å². The molecule has 0 spiro atoms. The molecule has 0 saturated heterocycles. The van der Waals surface area contributed by atoms with Gasteiger partial charge < -0.3 is 24.8 Å². The third kappa shape index (κ3) is 10.8. The van der Waals surface area contributed by atoms with E-state index in [1.54, 1.807) is 7.11 Å². The molecule has 0 bridgehead atoms. The molecule has 1 rings (SSSR count). The molecule has 0 heterocycles.